The second-order valence-corrected chi connectivity index (χ2v) is 6.85. The summed E-state index contributed by atoms with van der Waals surface area (Å²) in [5, 5.41) is 8.89. The maximum atomic E-state index is 12.5. The zero-order valence-corrected chi connectivity index (χ0v) is 13.5. The Labute approximate surface area is 139 Å². The van der Waals surface area contributed by atoms with E-state index >= 15 is 0 Å². The Balaban J connectivity index is 1.96. The van der Waals surface area contributed by atoms with Gasteiger partial charge >= 0.3 is 0 Å². The van der Waals surface area contributed by atoms with E-state index < -0.39 is 10.0 Å². The molecule has 1 aliphatic rings. The van der Waals surface area contributed by atoms with E-state index in [1.54, 1.807) is 25.2 Å². The van der Waals surface area contributed by atoms with Gasteiger partial charge in [-0.25, -0.2) is 8.42 Å². The first-order chi connectivity index (χ1) is 11.4. The zero-order valence-electron chi connectivity index (χ0n) is 12.7. The van der Waals surface area contributed by atoms with Crippen molar-refractivity contribution in [3.8, 4) is 11.8 Å². The molecule has 7 nitrogen and oxygen atoms in total. The van der Waals surface area contributed by atoms with Crippen LogP contribution in [0.25, 0.3) is 0 Å². The molecule has 2 aromatic carbocycles. The Morgan fingerprint density at radius 1 is 1.25 bits per heavy atom. The van der Waals surface area contributed by atoms with Gasteiger partial charge in [0, 0.05) is 7.05 Å². The number of carbonyl (C=O) groups excluding carboxylic acids is 1. The van der Waals surface area contributed by atoms with Crippen molar-refractivity contribution in [1.82, 2.24) is 0 Å². The van der Waals surface area contributed by atoms with Crippen molar-refractivity contribution in [1.29, 1.82) is 5.26 Å². The summed E-state index contributed by atoms with van der Waals surface area (Å²) in [6, 6.07) is 12.4. The number of nitrogens with one attached hydrogen (secondary N) is 1. The topological polar surface area (TPSA) is 99.5 Å². The molecule has 1 aliphatic heterocycles. The fraction of sp³-hybridized carbons (Fsp3) is 0.125. The van der Waals surface area contributed by atoms with Gasteiger partial charge in [-0.05, 0) is 36.4 Å². The van der Waals surface area contributed by atoms with E-state index in [9.17, 15) is 13.2 Å². The standard InChI is InChI=1S/C16H13N3O4S/c1-19-14-8-13(5-6-15(14)23-10-16(19)20)24(21,22)18-12-4-2-3-11(7-12)9-17/h2-8,18H,10H2,1H3. The molecule has 1 amide bonds. The molecule has 0 saturated heterocycles. The molecule has 0 atom stereocenters. The highest BCUT2D eigenvalue weighted by molar-refractivity contribution is 7.92. The Morgan fingerprint density at radius 3 is 2.79 bits per heavy atom. The van der Waals surface area contributed by atoms with Crippen molar-refractivity contribution in [3.63, 3.8) is 0 Å². The number of nitriles is 1. The number of rotatable bonds is 3. The minimum atomic E-state index is -3.87. The number of ether oxygens (including phenoxy) is 1. The van der Waals surface area contributed by atoms with Gasteiger partial charge in [0.05, 0.1) is 27.9 Å². The predicted molar refractivity (Wildman–Crippen MR) is 87.3 cm³/mol. The van der Waals surface area contributed by atoms with Crippen LogP contribution >= 0.6 is 0 Å². The highest BCUT2D eigenvalue weighted by Gasteiger charge is 2.25. The lowest BCUT2D eigenvalue weighted by atomic mass is 10.2. The Morgan fingerprint density at radius 2 is 2.04 bits per heavy atom. The number of anilines is 2. The van der Waals surface area contributed by atoms with Crippen LogP contribution in [0.4, 0.5) is 11.4 Å². The van der Waals surface area contributed by atoms with Crippen LogP contribution in [0.2, 0.25) is 0 Å². The minimum Gasteiger partial charge on any atom is -0.482 e. The molecule has 1 heterocycles. The molecule has 2 aromatic rings. The van der Waals surface area contributed by atoms with Crippen molar-refractivity contribution in [2.75, 3.05) is 23.3 Å². The summed E-state index contributed by atoms with van der Waals surface area (Å²) < 4.78 is 32.8. The minimum absolute atomic E-state index is 0.00578. The monoisotopic (exact) mass is 343 g/mol. The molecular weight excluding hydrogens is 330 g/mol. The van der Waals surface area contributed by atoms with Crippen molar-refractivity contribution >= 4 is 27.3 Å². The second kappa shape index (κ2) is 5.86. The first-order valence-corrected chi connectivity index (χ1v) is 8.45. The normalized spacial score (nSPS) is 13.7. The van der Waals surface area contributed by atoms with Gasteiger partial charge in [0.25, 0.3) is 15.9 Å². The molecule has 0 spiro atoms. The number of likely N-dealkylation sites (N-methyl/N-ethyl adjacent to an activating group) is 1. The highest BCUT2D eigenvalue weighted by atomic mass is 32.2. The number of hydrogen-bond acceptors (Lipinski definition) is 5. The molecule has 3 rings (SSSR count). The molecule has 0 radical (unpaired) electrons. The molecule has 0 fully saturated rings. The van der Waals surface area contributed by atoms with E-state index in [2.05, 4.69) is 4.72 Å². The summed E-state index contributed by atoms with van der Waals surface area (Å²) in [6.07, 6.45) is 0. The van der Waals surface area contributed by atoms with Gasteiger partial charge in [0.1, 0.15) is 5.75 Å². The van der Waals surface area contributed by atoms with Gasteiger partial charge in [-0.1, -0.05) is 6.07 Å². The van der Waals surface area contributed by atoms with Crippen molar-refractivity contribution < 1.29 is 17.9 Å². The first-order valence-electron chi connectivity index (χ1n) is 6.97. The summed E-state index contributed by atoms with van der Waals surface area (Å²) in [4.78, 5) is 13.0. The molecule has 0 aliphatic carbocycles. The summed E-state index contributed by atoms with van der Waals surface area (Å²) in [5.74, 6) is 0.189. The predicted octanol–water partition coefficient (Wildman–Crippen LogP) is 1.71. The van der Waals surface area contributed by atoms with E-state index in [1.807, 2.05) is 6.07 Å². The maximum Gasteiger partial charge on any atom is 0.264 e. The number of nitrogens with zero attached hydrogens (tertiary/aromatic N) is 2. The molecule has 0 unspecified atom stereocenters. The van der Waals surface area contributed by atoms with Crippen molar-refractivity contribution in [2.45, 2.75) is 4.90 Å². The van der Waals surface area contributed by atoms with Gasteiger partial charge < -0.3 is 9.64 Å². The molecule has 0 saturated carbocycles. The quantitative estimate of drug-likeness (QED) is 0.914. The van der Waals surface area contributed by atoms with Crippen LogP contribution in [-0.4, -0.2) is 28.0 Å². The van der Waals surface area contributed by atoms with Crippen LogP contribution in [-0.2, 0) is 14.8 Å². The van der Waals surface area contributed by atoms with Gasteiger partial charge in [-0.3, -0.25) is 9.52 Å². The average molecular weight is 343 g/mol. The fourth-order valence-corrected chi connectivity index (χ4v) is 3.35. The van der Waals surface area contributed by atoms with Crippen LogP contribution in [0, 0.1) is 11.3 Å². The van der Waals surface area contributed by atoms with E-state index in [-0.39, 0.29) is 23.1 Å². The van der Waals surface area contributed by atoms with E-state index in [4.69, 9.17) is 10.00 Å². The summed E-state index contributed by atoms with van der Waals surface area (Å²) in [7, 11) is -2.31. The van der Waals surface area contributed by atoms with E-state index in [0.29, 0.717) is 17.0 Å². The largest absolute Gasteiger partial charge is 0.482 e. The van der Waals surface area contributed by atoms with Gasteiger partial charge in [0.15, 0.2) is 6.61 Å². The molecule has 24 heavy (non-hydrogen) atoms. The Hall–Kier alpha value is -3.05. The summed E-state index contributed by atoms with van der Waals surface area (Å²) >= 11 is 0. The lowest BCUT2D eigenvalue weighted by Crippen LogP contribution is -2.35. The summed E-state index contributed by atoms with van der Waals surface area (Å²) in [6.45, 7) is -0.0746. The smallest absolute Gasteiger partial charge is 0.264 e. The third-order valence-corrected chi connectivity index (χ3v) is 4.95. The van der Waals surface area contributed by atoms with Crippen molar-refractivity contribution in [3.05, 3.63) is 48.0 Å². The number of carbonyl (C=O) groups is 1. The number of fused-ring (bicyclic) bond motifs is 1. The molecule has 122 valence electrons. The SMILES string of the molecule is CN1C(=O)COc2ccc(S(=O)(=O)Nc3cccc(C#N)c3)cc21. The number of sulfonamides is 1. The molecule has 1 N–H and O–H groups in total. The number of benzene rings is 2. The van der Waals surface area contributed by atoms with Gasteiger partial charge in [-0.15, -0.1) is 0 Å². The molecule has 8 heteroatoms. The third kappa shape index (κ3) is 2.89. The Bertz CT molecular complexity index is 964. The molecular formula is C16H13N3O4S. The lowest BCUT2D eigenvalue weighted by molar-refractivity contribution is -0.120. The van der Waals surface area contributed by atoms with E-state index in [0.717, 1.165) is 0 Å². The number of hydrogen-bond donors (Lipinski definition) is 1. The van der Waals surface area contributed by atoms with Crippen LogP contribution in [0.1, 0.15) is 5.56 Å². The zero-order chi connectivity index (χ0) is 17.3. The third-order valence-electron chi connectivity index (χ3n) is 3.57. The fourth-order valence-electron chi connectivity index (χ4n) is 2.29. The average Bonchev–Trinajstić information content (AvgIpc) is 2.57. The van der Waals surface area contributed by atoms with Crippen LogP contribution in [0.3, 0.4) is 0 Å². The second-order valence-electron chi connectivity index (χ2n) is 5.17. The summed E-state index contributed by atoms with van der Waals surface area (Å²) in [5.41, 5.74) is 1.02. The molecule has 0 bridgehead atoms. The van der Waals surface area contributed by atoms with E-state index in [1.165, 1.54) is 29.2 Å². The van der Waals surface area contributed by atoms with Gasteiger partial charge in [0.2, 0.25) is 0 Å². The van der Waals surface area contributed by atoms with Crippen LogP contribution in [0.15, 0.2) is 47.4 Å². The van der Waals surface area contributed by atoms with Gasteiger partial charge in [-0.2, -0.15) is 5.26 Å². The van der Waals surface area contributed by atoms with Crippen molar-refractivity contribution in [2.24, 2.45) is 0 Å². The highest BCUT2D eigenvalue weighted by Crippen LogP contribution is 2.33. The van der Waals surface area contributed by atoms with Crippen LogP contribution < -0.4 is 14.4 Å². The maximum absolute atomic E-state index is 12.5. The lowest BCUT2D eigenvalue weighted by Gasteiger charge is -2.26. The Kier molecular flexibility index (Phi) is 3.87. The molecule has 0 aromatic heterocycles. The first kappa shape index (κ1) is 15.8. The van der Waals surface area contributed by atoms with Crippen LogP contribution in [0.5, 0.6) is 5.75 Å². The number of amides is 1.